The zero-order chi connectivity index (χ0) is 24.4. The first kappa shape index (κ1) is 24.1. The van der Waals surface area contributed by atoms with Crippen molar-refractivity contribution in [1.29, 1.82) is 0 Å². The van der Waals surface area contributed by atoms with Crippen molar-refractivity contribution in [3.05, 3.63) is 59.8 Å². The molecule has 35 heavy (non-hydrogen) atoms. The van der Waals surface area contributed by atoms with Crippen LogP contribution in [-0.4, -0.2) is 64.2 Å². The van der Waals surface area contributed by atoms with E-state index in [4.69, 9.17) is 0 Å². The summed E-state index contributed by atoms with van der Waals surface area (Å²) in [4.78, 5) is 6.26. The average molecular weight is 510 g/mol. The van der Waals surface area contributed by atoms with E-state index < -0.39 is 9.84 Å². The largest absolute Gasteiger partial charge is 0.360 e. The molecule has 1 aliphatic heterocycles. The second kappa shape index (κ2) is 10.2. The smallest absolute Gasteiger partial charge is 0.191 e. The van der Waals surface area contributed by atoms with Gasteiger partial charge in [-0.1, -0.05) is 43.0 Å². The van der Waals surface area contributed by atoms with Gasteiger partial charge in [-0.3, -0.25) is 0 Å². The standard InChI is InChI=1S/C26H31N5O2S2/c1-3-35(32,33)21-10-9-19-11-14-31(15-12-20(19)17-21)13-6-16-34-26-29-28-25(30(26)2)23-18-27-24-8-5-4-7-22(23)24/h4-5,7-10,17-18,27H,3,6,11-16H2,1-2H3. The van der Waals surface area contributed by atoms with Crippen LogP contribution < -0.4 is 0 Å². The van der Waals surface area contributed by atoms with Crippen molar-refractivity contribution in [2.45, 2.75) is 36.2 Å². The number of benzene rings is 2. The van der Waals surface area contributed by atoms with E-state index in [9.17, 15) is 8.42 Å². The Morgan fingerprint density at radius 3 is 2.69 bits per heavy atom. The maximum absolute atomic E-state index is 12.3. The Labute approximate surface area is 210 Å². The molecular formula is C26H31N5O2S2. The number of para-hydroxylation sites is 1. The number of hydrogen-bond acceptors (Lipinski definition) is 6. The van der Waals surface area contributed by atoms with Crippen LogP contribution in [0.15, 0.2) is 58.7 Å². The molecule has 7 nitrogen and oxygen atoms in total. The van der Waals surface area contributed by atoms with Crippen LogP contribution in [0.5, 0.6) is 0 Å². The Hall–Kier alpha value is -2.62. The SMILES string of the molecule is CCS(=O)(=O)c1ccc2c(c1)CCN(CCCSc1nnc(-c3c[nH]c4ccccc34)n1C)CC2. The van der Waals surface area contributed by atoms with Crippen molar-refractivity contribution in [2.24, 2.45) is 7.05 Å². The third-order valence-electron chi connectivity index (χ3n) is 6.83. The van der Waals surface area contributed by atoms with Crippen LogP contribution in [-0.2, 0) is 29.7 Å². The molecule has 0 amide bonds. The molecular weight excluding hydrogens is 478 g/mol. The highest BCUT2D eigenvalue weighted by molar-refractivity contribution is 7.99. The molecule has 0 saturated heterocycles. The van der Waals surface area contributed by atoms with Gasteiger partial charge in [0.2, 0.25) is 0 Å². The molecule has 9 heteroatoms. The number of rotatable bonds is 8. The average Bonchev–Trinajstić information content (AvgIpc) is 3.39. The van der Waals surface area contributed by atoms with Gasteiger partial charge in [0.05, 0.1) is 10.6 Å². The summed E-state index contributed by atoms with van der Waals surface area (Å²) in [5, 5.41) is 11.0. The predicted octanol–water partition coefficient (Wildman–Crippen LogP) is 4.34. The predicted molar refractivity (Wildman–Crippen MR) is 142 cm³/mol. The first-order valence-electron chi connectivity index (χ1n) is 12.1. The van der Waals surface area contributed by atoms with Crippen LogP contribution in [0.25, 0.3) is 22.3 Å². The number of hydrogen-bond donors (Lipinski definition) is 1. The van der Waals surface area contributed by atoms with E-state index in [1.54, 1.807) is 24.8 Å². The number of aromatic nitrogens is 4. The highest BCUT2D eigenvalue weighted by Gasteiger charge is 2.19. The van der Waals surface area contributed by atoms with Crippen molar-refractivity contribution >= 4 is 32.5 Å². The maximum Gasteiger partial charge on any atom is 0.191 e. The molecule has 0 aliphatic carbocycles. The Kier molecular flexibility index (Phi) is 7.00. The molecule has 1 aliphatic rings. The van der Waals surface area contributed by atoms with E-state index in [0.29, 0.717) is 4.90 Å². The second-order valence-electron chi connectivity index (χ2n) is 8.99. The van der Waals surface area contributed by atoms with E-state index in [-0.39, 0.29) is 5.75 Å². The van der Waals surface area contributed by atoms with Gasteiger partial charge in [-0.05, 0) is 55.1 Å². The van der Waals surface area contributed by atoms with Crippen LogP contribution in [0.1, 0.15) is 24.5 Å². The summed E-state index contributed by atoms with van der Waals surface area (Å²) in [7, 11) is -1.13. The molecule has 2 aromatic heterocycles. The molecule has 0 saturated carbocycles. The molecule has 184 valence electrons. The van der Waals surface area contributed by atoms with Crippen LogP contribution in [0.3, 0.4) is 0 Å². The monoisotopic (exact) mass is 509 g/mol. The molecule has 0 radical (unpaired) electrons. The lowest BCUT2D eigenvalue weighted by Gasteiger charge is -2.19. The Balaban J connectivity index is 1.15. The molecule has 1 N–H and O–H groups in total. The van der Waals surface area contributed by atoms with E-state index in [1.807, 2.05) is 37.5 Å². The molecule has 3 heterocycles. The van der Waals surface area contributed by atoms with Crippen molar-refractivity contribution in [1.82, 2.24) is 24.6 Å². The van der Waals surface area contributed by atoms with Crippen molar-refractivity contribution in [3.8, 4) is 11.4 Å². The van der Waals surface area contributed by atoms with E-state index in [0.717, 1.165) is 72.1 Å². The summed E-state index contributed by atoms with van der Waals surface area (Å²) >= 11 is 1.74. The first-order chi connectivity index (χ1) is 17.0. The molecule has 2 aromatic carbocycles. The quantitative estimate of drug-likeness (QED) is 0.281. The normalized spacial score (nSPS) is 14.8. The topological polar surface area (TPSA) is 83.9 Å². The summed E-state index contributed by atoms with van der Waals surface area (Å²) in [6.45, 7) is 4.69. The number of aromatic amines is 1. The lowest BCUT2D eigenvalue weighted by atomic mass is 10.0. The minimum atomic E-state index is -3.16. The molecule has 0 atom stereocenters. The zero-order valence-electron chi connectivity index (χ0n) is 20.2. The maximum atomic E-state index is 12.3. The van der Waals surface area contributed by atoms with Crippen LogP contribution in [0.2, 0.25) is 0 Å². The van der Waals surface area contributed by atoms with Gasteiger partial charge in [-0.25, -0.2) is 8.42 Å². The van der Waals surface area contributed by atoms with Gasteiger partial charge in [0.1, 0.15) is 0 Å². The third kappa shape index (κ3) is 5.03. The molecule has 0 fully saturated rings. The minimum Gasteiger partial charge on any atom is -0.360 e. The molecule has 4 aromatic rings. The molecule has 0 bridgehead atoms. The second-order valence-corrected chi connectivity index (χ2v) is 12.3. The Bertz CT molecular complexity index is 1440. The summed E-state index contributed by atoms with van der Waals surface area (Å²) in [6.07, 6.45) is 4.92. The van der Waals surface area contributed by atoms with Crippen LogP contribution in [0.4, 0.5) is 0 Å². The molecule has 0 spiro atoms. The summed E-state index contributed by atoms with van der Waals surface area (Å²) in [5.74, 6) is 1.99. The summed E-state index contributed by atoms with van der Waals surface area (Å²) in [5.41, 5.74) is 4.63. The van der Waals surface area contributed by atoms with Gasteiger partial charge in [-0.15, -0.1) is 10.2 Å². The van der Waals surface area contributed by atoms with Gasteiger partial charge in [0, 0.05) is 48.6 Å². The van der Waals surface area contributed by atoms with Crippen molar-refractivity contribution < 1.29 is 8.42 Å². The fourth-order valence-corrected chi connectivity index (χ4v) is 6.48. The number of H-pyrrole nitrogens is 1. The molecule has 5 rings (SSSR count). The first-order valence-corrected chi connectivity index (χ1v) is 14.8. The van der Waals surface area contributed by atoms with Crippen LogP contribution in [0, 0.1) is 0 Å². The Morgan fingerprint density at radius 2 is 1.86 bits per heavy atom. The summed E-state index contributed by atoms with van der Waals surface area (Å²) in [6, 6.07) is 13.9. The third-order valence-corrected chi connectivity index (χ3v) is 9.67. The van der Waals surface area contributed by atoms with E-state index in [2.05, 4.69) is 36.8 Å². The van der Waals surface area contributed by atoms with Crippen molar-refractivity contribution in [2.75, 3.05) is 31.1 Å². The highest BCUT2D eigenvalue weighted by Crippen LogP contribution is 2.29. The van der Waals surface area contributed by atoms with Crippen LogP contribution >= 0.6 is 11.8 Å². The number of fused-ring (bicyclic) bond motifs is 2. The van der Waals surface area contributed by atoms with E-state index >= 15 is 0 Å². The fraction of sp³-hybridized carbons (Fsp3) is 0.385. The minimum absolute atomic E-state index is 0.143. The van der Waals surface area contributed by atoms with Gasteiger partial charge in [0.25, 0.3) is 0 Å². The number of sulfone groups is 1. The number of thioether (sulfide) groups is 1. The summed E-state index contributed by atoms with van der Waals surface area (Å²) < 4.78 is 26.6. The van der Waals surface area contributed by atoms with Gasteiger partial charge < -0.3 is 14.5 Å². The highest BCUT2D eigenvalue weighted by atomic mass is 32.2. The van der Waals surface area contributed by atoms with Gasteiger partial charge in [-0.2, -0.15) is 0 Å². The van der Waals surface area contributed by atoms with Crippen molar-refractivity contribution in [3.63, 3.8) is 0 Å². The van der Waals surface area contributed by atoms with Gasteiger partial charge >= 0.3 is 0 Å². The molecule has 0 unspecified atom stereocenters. The lowest BCUT2D eigenvalue weighted by molar-refractivity contribution is 0.289. The fourth-order valence-electron chi connectivity index (χ4n) is 4.71. The van der Waals surface area contributed by atoms with Gasteiger partial charge in [0.15, 0.2) is 20.8 Å². The number of nitrogens with one attached hydrogen (secondary N) is 1. The Morgan fingerprint density at radius 1 is 1.06 bits per heavy atom. The van der Waals surface area contributed by atoms with E-state index in [1.165, 1.54) is 11.1 Å². The number of nitrogens with zero attached hydrogens (tertiary/aromatic N) is 4. The zero-order valence-corrected chi connectivity index (χ0v) is 21.8. The lowest BCUT2D eigenvalue weighted by Crippen LogP contribution is -2.27.